The Labute approximate surface area is 144 Å². The molecule has 5 heteroatoms. The van der Waals surface area contributed by atoms with Gasteiger partial charge in [-0.05, 0) is 29.8 Å². The van der Waals surface area contributed by atoms with Gasteiger partial charge in [-0.15, -0.1) is 0 Å². The predicted molar refractivity (Wildman–Crippen MR) is 91.3 cm³/mol. The van der Waals surface area contributed by atoms with E-state index >= 15 is 0 Å². The molecule has 122 valence electrons. The third-order valence-corrected chi connectivity index (χ3v) is 3.87. The number of benzene rings is 2. The molecule has 0 saturated carbocycles. The van der Waals surface area contributed by atoms with Crippen LogP contribution in [0.3, 0.4) is 0 Å². The van der Waals surface area contributed by atoms with Gasteiger partial charge in [0.2, 0.25) is 5.78 Å². The second-order valence-corrected chi connectivity index (χ2v) is 6.10. The van der Waals surface area contributed by atoms with Crippen molar-refractivity contribution in [3.05, 3.63) is 64.4 Å². The number of carbonyl (C=O) groups excluding carboxylic acids is 2. The fraction of sp³-hybridized carbons (Fsp3) is 0.158. The highest BCUT2D eigenvalue weighted by Crippen LogP contribution is 2.35. The van der Waals surface area contributed by atoms with Gasteiger partial charge in [0.15, 0.2) is 5.76 Å². The third kappa shape index (κ3) is 3.19. The lowest BCUT2D eigenvalue weighted by molar-refractivity contribution is -0.137. The monoisotopic (exact) mass is 342 g/mol. The van der Waals surface area contributed by atoms with Crippen LogP contribution < -0.4 is 9.47 Å². The topological polar surface area (TPSA) is 52.6 Å². The number of Topliss-reactive ketones (excluding diaryl/α,β-unsaturated/α-hetero) is 1. The van der Waals surface area contributed by atoms with Crippen LogP contribution in [0.25, 0.3) is 6.08 Å². The highest BCUT2D eigenvalue weighted by Gasteiger charge is 2.28. The van der Waals surface area contributed by atoms with Crippen LogP contribution in [0.2, 0.25) is 5.02 Å². The first-order valence-electron chi connectivity index (χ1n) is 7.50. The lowest BCUT2D eigenvalue weighted by Crippen LogP contribution is -2.14. The Morgan fingerprint density at radius 1 is 1.21 bits per heavy atom. The molecule has 2 aromatic rings. The molecule has 1 aliphatic heterocycles. The number of rotatable bonds is 3. The molecular weight excluding hydrogens is 328 g/mol. The van der Waals surface area contributed by atoms with E-state index in [1.54, 1.807) is 50.3 Å². The average molecular weight is 343 g/mol. The molecule has 0 unspecified atom stereocenters. The van der Waals surface area contributed by atoms with E-state index in [0.29, 0.717) is 27.6 Å². The van der Waals surface area contributed by atoms with E-state index in [0.717, 1.165) is 0 Å². The Balaban J connectivity index is 1.88. The molecule has 0 radical (unpaired) electrons. The summed E-state index contributed by atoms with van der Waals surface area (Å²) in [5.74, 6) is 0.0892. The Hall–Kier alpha value is -2.59. The van der Waals surface area contributed by atoms with Crippen molar-refractivity contribution in [2.75, 3.05) is 0 Å². The molecule has 0 aliphatic carbocycles. The first-order valence-corrected chi connectivity index (χ1v) is 7.88. The molecule has 0 saturated heterocycles. The Kier molecular flexibility index (Phi) is 4.40. The van der Waals surface area contributed by atoms with Gasteiger partial charge in [-0.2, -0.15) is 0 Å². The first-order chi connectivity index (χ1) is 11.5. The van der Waals surface area contributed by atoms with E-state index in [1.807, 2.05) is 12.1 Å². The van der Waals surface area contributed by atoms with Crippen molar-refractivity contribution in [3.63, 3.8) is 0 Å². The van der Waals surface area contributed by atoms with Crippen LogP contribution >= 0.6 is 11.6 Å². The fourth-order valence-corrected chi connectivity index (χ4v) is 2.39. The molecule has 0 bridgehead atoms. The second-order valence-electron chi connectivity index (χ2n) is 5.70. The van der Waals surface area contributed by atoms with Gasteiger partial charge in [-0.25, -0.2) is 0 Å². The number of ketones is 1. The smallest absolute Gasteiger partial charge is 0.313 e. The van der Waals surface area contributed by atoms with E-state index in [2.05, 4.69) is 0 Å². The summed E-state index contributed by atoms with van der Waals surface area (Å²) in [6.45, 7) is 3.50. The Bertz CT molecular complexity index is 852. The van der Waals surface area contributed by atoms with Crippen molar-refractivity contribution < 1.29 is 19.1 Å². The van der Waals surface area contributed by atoms with Gasteiger partial charge >= 0.3 is 5.97 Å². The summed E-state index contributed by atoms with van der Waals surface area (Å²) in [5.41, 5.74) is 1.12. The predicted octanol–water partition coefficient (Wildman–Crippen LogP) is 4.52. The quantitative estimate of drug-likeness (QED) is 0.467. The Morgan fingerprint density at radius 3 is 2.67 bits per heavy atom. The van der Waals surface area contributed by atoms with Crippen LogP contribution in [0.1, 0.15) is 29.8 Å². The standard InChI is InChI=1S/C19H15ClO4/c1-11(2)19(22)23-13-7-8-14-16(10-13)24-17(18(14)21)9-12-5-3-4-6-15(12)20/h3-11H,1-2H3. The van der Waals surface area contributed by atoms with Gasteiger partial charge in [0, 0.05) is 11.1 Å². The summed E-state index contributed by atoms with van der Waals surface area (Å²) < 4.78 is 10.9. The summed E-state index contributed by atoms with van der Waals surface area (Å²) in [4.78, 5) is 24.1. The van der Waals surface area contributed by atoms with Crippen molar-refractivity contribution >= 4 is 29.4 Å². The zero-order valence-corrected chi connectivity index (χ0v) is 14.0. The van der Waals surface area contributed by atoms with Gasteiger partial charge in [0.25, 0.3) is 0 Å². The van der Waals surface area contributed by atoms with Crippen molar-refractivity contribution in [2.45, 2.75) is 13.8 Å². The SMILES string of the molecule is CC(C)C(=O)Oc1ccc2c(c1)OC(=Cc1ccccc1Cl)C2=O. The van der Waals surface area contributed by atoms with Crippen molar-refractivity contribution in [1.82, 2.24) is 0 Å². The van der Waals surface area contributed by atoms with Gasteiger partial charge in [-0.1, -0.05) is 43.6 Å². The van der Waals surface area contributed by atoms with E-state index in [4.69, 9.17) is 21.1 Å². The number of ether oxygens (including phenoxy) is 2. The maximum atomic E-state index is 12.4. The van der Waals surface area contributed by atoms with Crippen LogP contribution in [0.4, 0.5) is 0 Å². The summed E-state index contributed by atoms with van der Waals surface area (Å²) in [6, 6.07) is 11.9. The zero-order valence-electron chi connectivity index (χ0n) is 13.2. The number of fused-ring (bicyclic) bond motifs is 1. The summed E-state index contributed by atoms with van der Waals surface area (Å²) in [5, 5.41) is 0.531. The van der Waals surface area contributed by atoms with E-state index in [-0.39, 0.29) is 23.4 Å². The van der Waals surface area contributed by atoms with Crippen LogP contribution in [-0.4, -0.2) is 11.8 Å². The number of halogens is 1. The number of carbonyl (C=O) groups is 2. The molecule has 0 N–H and O–H groups in total. The molecule has 2 aromatic carbocycles. The van der Waals surface area contributed by atoms with Crippen LogP contribution in [0, 0.1) is 5.92 Å². The van der Waals surface area contributed by atoms with Gasteiger partial charge in [0.05, 0.1) is 11.5 Å². The maximum absolute atomic E-state index is 12.4. The molecule has 24 heavy (non-hydrogen) atoms. The van der Waals surface area contributed by atoms with Gasteiger partial charge in [0.1, 0.15) is 11.5 Å². The summed E-state index contributed by atoms with van der Waals surface area (Å²) >= 11 is 6.10. The minimum Gasteiger partial charge on any atom is -0.452 e. The van der Waals surface area contributed by atoms with Gasteiger partial charge in [-0.3, -0.25) is 9.59 Å². The molecule has 0 fully saturated rings. The minimum absolute atomic E-state index is 0.186. The molecule has 0 spiro atoms. The highest BCUT2D eigenvalue weighted by molar-refractivity contribution is 6.32. The van der Waals surface area contributed by atoms with Crippen molar-refractivity contribution in [1.29, 1.82) is 0 Å². The number of hydrogen-bond acceptors (Lipinski definition) is 4. The molecule has 0 aromatic heterocycles. The first kappa shape index (κ1) is 16.3. The molecule has 1 aliphatic rings. The minimum atomic E-state index is -0.342. The normalized spacial score (nSPS) is 14.7. The number of esters is 1. The van der Waals surface area contributed by atoms with E-state index in [1.165, 1.54) is 0 Å². The summed E-state index contributed by atoms with van der Waals surface area (Å²) in [7, 11) is 0. The lowest BCUT2D eigenvalue weighted by atomic mass is 10.1. The van der Waals surface area contributed by atoms with Crippen LogP contribution in [-0.2, 0) is 4.79 Å². The zero-order chi connectivity index (χ0) is 17.3. The van der Waals surface area contributed by atoms with Crippen molar-refractivity contribution in [3.8, 4) is 11.5 Å². The van der Waals surface area contributed by atoms with E-state index < -0.39 is 0 Å². The fourth-order valence-electron chi connectivity index (χ4n) is 2.20. The third-order valence-electron chi connectivity index (χ3n) is 3.52. The number of allylic oxidation sites excluding steroid dienone is 1. The molecule has 0 atom stereocenters. The van der Waals surface area contributed by atoms with Crippen LogP contribution in [0.5, 0.6) is 11.5 Å². The van der Waals surface area contributed by atoms with E-state index in [9.17, 15) is 9.59 Å². The number of hydrogen-bond donors (Lipinski definition) is 0. The largest absolute Gasteiger partial charge is 0.452 e. The van der Waals surface area contributed by atoms with Crippen LogP contribution in [0.15, 0.2) is 48.2 Å². The van der Waals surface area contributed by atoms with Crippen molar-refractivity contribution in [2.24, 2.45) is 5.92 Å². The van der Waals surface area contributed by atoms with Gasteiger partial charge < -0.3 is 9.47 Å². The molecular formula is C19H15ClO4. The maximum Gasteiger partial charge on any atom is 0.313 e. The Morgan fingerprint density at radius 2 is 1.96 bits per heavy atom. The molecule has 4 nitrogen and oxygen atoms in total. The molecule has 1 heterocycles. The molecule has 3 rings (SSSR count). The highest BCUT2D eigenvalue weighted by atomic mass is 35.5. The average Bonchev–Trinajstić information content (AvgIpc) is 2.85. The summed E-state index contributed by atoms with van der Waals surface area (Å²) in [6.07, 6.45) is 1.60. The molecule has 0 amide bonds. The second kappa shape index (κ2) is 6.49. The lowest BCUT2D eigenvalue weighted by Gasteiger charge is -2.07.